The highest BCUT2D eigenvalue weighted by atomic mass is 28.3. The molecule has 25 heavy (non-hydrogen) atoms. The summed E-state index contributed by atoms with van der Waals surface area (Å²) in [4.78, 5) is 2.19. The van der Waals surface area contributed by atoms with Gasteiger partial charge in [0, 0.05) is 25.4 Å². The lowest BCUT2D eigenvalue weighted by Crippen LogP contribution is -2.19. The first-order chi connectivity index (χ1) is 12.0. The van der Waals surface area contributed by atoms with Gasteiger partial charge in [0.05, 0.1) is 6.54 Å². The summed E-state index contributed by atoms with van der Waals surface area (Å²) in [6.45, 7) is 8.57. The highest BCUT2D eigenvalue weighted by Crippen LogP contribution is 2.05. The number of hydrogen-bond donors (Lipinski definition) is 0. The van der Waals surface area contributed by atoms with Crippen LogP contribution in [0.2, 0.25) is 19.6 Å². The van der Waals surface area contributed by atoms with Gasteiger partial charge in [-0.2, -0.15) is 0 Å². The lowest BCUT2D eigenvalue weighted by molar-refractivity contribution is 0.401. The molecular formula is C23H27NSi. The Morgan fingerprint density at radius 3 is 2.00 bits per heavy atom. The molecule has 2 heteroatoms. The third-order valence-electron chi connectivity index (χ3n) is 3.56. The van der Waals surface area contributed by atoms with Gasteiger partial charge >= 0.3 is 0 Å². The van der Waals surface area contributed by atoms with Crippen molar-refractivity contribution in [2.45, 2.75) is 39.0 Å². The zero-order chi connectivity index (χ0) is 18.0. The van der Waals surface area contributed by atoms with Crippen molar-refractivity contribution in [1.82, 2.24) is 4.90 Å². The Kier molecular flexibility index (Phi) is 7.39. The summed E-state index contributed by atoms with van der Waals surface area (Å²) < 4.78 is 0. The second kappa shape index (κ2) is 9.77. The van der Waals surface area contributed by atoms with Crippen LogP contribution in [0.1, 0.15) is 17.5 Å². The van der Waals surface area contributed by atoms with Crippen LogP contribution in [0.3, 0.4) is 0 Å². The molecule has 0 radical (unpaired) electrons. The van der Waals surface area contributed by atoms with E-state index in [9.17, 15) is 0 Å². The van der Waals surface area contributed by atoms with Gasteiger partial charge in [-0.25, -0.2) is 0 Å². The van der Waals surface area contributed by atoms with Gasteiger partial charge in [0.25, 0.3) is 0 Å². The number of rotatable bonds is 5. The van der Waals surface area contributed by atoms with Gasteiger partial charge in [-0.1, -0.05) is 86.2 Å². The topological polar surface area (TPSA) is 3.24 Å². The SMILES string of the molecule is C[Si](C)(C)C#CCCN(C#CCc1ccccc1)Cc1ccccc1. The first-order valence-electron chi connectivity index (χ1n) is 8.84. The molecule has 0 saturated heterocycles. The van der Waals surface area contributed by atoms with Gasteiger partial charge in [-0.05, 0) is 11.1 Å². The number of nitrogens with zero attached hydrogens (tertiary/aromatic N) is 1. The van der Waals surface area contributed by atoms with E-state index < -0.39 is 8.07 Å². The molecule has 0 fully saturated rings. The van der Waals surface area contributed by atoms with Gasteiger partial charge in [-0.15, -0.1) is 11.5 Å². The molecule has 1 nitrogen and oxygen atoms in total. The Morgan fingerprint density at radius 2 is 1.40 bits per heavy atom. The second-order valence-corrected chi connectivity index (χ2v) is 11.9. The summed E-state index contributed by atoms with van der Waals surface area (Å²) in [6.07, 6.45) is 1.66. The lowest BCUT2D eigenvalue weighted by Gasteiger charge is -2.16. The molecule has 0 heterocycles. The quantitative estimate of drug-likeness (QED) is 0.420. The second-order valence-electron chi connectivity index (χ2n) is 7.16. The predicted octanol–water partition coefficient (Wildman–Crippen LogP) is 4.96. The summed E-state index contributed by atoms with van der Waals surface area (Å²) in [6, 6.07) is 24.3. The first-order valence-corrected chi connectivity index (χ1v) is 12.3. The summed E-state index contributed by atoms with van der Waals surface area (Å²) in [7, 11) is -1.29. The van der Waals surface area contributed by atoms with Crippen LogP contribution in [-0.2, 0) is 13.0 Å². The van der Waals surface area contributed by atoms with E-state index >= 15 is 0 Å². The molecule has 0 atom stereocenters. The molecule has 0 amide bonds. The monoisotopic (exact) mass is 345 g/mol. The van der Waals surface area contributed by atoms with Crippen LogP contribution in [0.5, 0.6) is 0 Å². The van der Waals surface area contributed by atoms with Gasteiger partial charge < -0.3 is 4.90 Å². The van der Waals surface area contributed by atoms with Crippen LogP contribution >= 0.6 is 0 Å². The first kappa shape index (κ1) is 18.9. The maximum Gasteiger partial charge on any atom is 0.129 e. The van der Waals surface area contributed by atoms with E-state index in [1.165, 1.54) is 11.1 Å². The zero-order valence-corrected chi connectivity index (χ0v) is 16.5. The highest BCUT2D eigenvalue weighted by molar-refractivity contribution is 6.83. The Morgan fingerprint density at radius 1 is 0.800 bits per heavy atom. The summed E-state index contributed by atoms with van der Waals surface area (Å²) >= 11 is 0. The summed E-state index contributed by atoms with van der Waals surface area (Å²) in [5.74, 6) is 6.67. The van der Waals surface area contributed by atoms with Crippen molar-refractivity contribution in [3.8, 4) is 23.4 Å². The van der Waals surface area contributed by atoms with Crippen molar-refractivity contribution < 1.29 is 0 Å². The average Bonchev–Trinajstić information content (AvgIpc) is 2.59. The fourth-order valence-corrected chi connectivity index (χ4v) is 3.00. The van der Waals surface area contributed by atoms with Crippen molar-refractivity contribution in [2.75, 3.05) is 6.54 Å². The van der Waals surface area contributed by atoms with Crippen LogP contribution in [0.25, 0.3) is 0 Å². The van der Waals surface area contributed by atoms with Crippen molar-refractivity contribution in [1.29, 1.82) is 0 Å². The number of hydrogen-bond acceptors (Lipinski definition) is 1. The highest BCUT2D eigenvalue weighted by Gasteiger charge is 2.07. The molecule has 0 spiro atoms. The normalized spacial score (nSPS) is 10.2. The Labute approximate surface area is 154 Å². The van der Waals surface area contributed by atoms with Crippen LogP contribution in [0.15, 0.2) is 60.7 Å². The molecular weight excluding hydrogens is 318 g/mol. The molecule has 2 aromatic rings. The van der Waals surface area contributed by atoms with E-state index in [0.29, 0.717) is 0 Å². The minimum Gasteiger partial charge on any atom is -0.327 e. The summed E-state index contributed by atoms with van der Waals surface area (Å²) in [5, 5.41) is 0. The van der Waals surface area contributed by atoms with E-state index in [0.717, 1.165) is 25.9 Å². The van der Waals surface area contributed by atoms with E-state index in [4.69, 9.17) is 0 Å². The zero-order valence-electron chi connectivity index (χ0n) is 15.5. The Balaban J connectivity index is 1.99. The third kappa shape index (κ3) is 8.29. The molecule has 0 aliphatic heterocycles. The maximum absolute atomic E-state index is 3.44. The third-order valence-corrected chi connectivity index (χ3v) is 4.49. The fraction of sp³-hybridized carbons (Fsp3) is 0.304. The molecule has 0 aliphatic rings. The van der Waals surface area contributed by atoms with Crippen molar-refractivity contribution in [3.63, 3.8) is 0 Å². The standard InChI is InChI=1S/C23H27NSi/c1-25(2,3)20-11-10-18-24(21-23-15-8-5-9-16-23)19-12-17-22-13-6-4-7-14-22/h4-9,13-16H,10,17-18,21H2,1-3H3. The van der Waals surface area contributed by atoms with E-state index in [2.05, 4.69) is 96.5 Å². The molecule has 0 N–H and O–H groups in total. The maximum atomic E-state index is 3.44. The Bertz CT molecular complexity index is 752. The Hall–Kier alpha value is -2.42. The van der Waals surface area contributed by atoms with Crippen LogP contribution in [0, 0.1) is 23.4 Å². The van der Waals surface area contributed by atoms with Gasteiger partial charge in [-0.3, -0.25) is 0 Å². The lowest BCUT2D eigenvalue weighted by atomic mass is 10.2. The van der Waals surface area contributed by atoms with E-state index in [1.54, 1.807) is 0 Å². The largest absolute Gasteiger partial charge is 0.327 e. The minimum absolute atomic E-state index is 0.784. The van der Waals surface area contributed by atoms with Crippen LogP contribution in [0.4, 0.5) is 0 Å². The fourth-order valence-electron chi connectivity index (χ4n) is 2.35. The van der Waals surface area contributed by atoms with E-state index in [-0.39, 0.29) is 0 Å². The molecule has 0 bridgehead atoms. The van der Waals surface area contributed by atoms with Gasteiger partial charge in [0.15, 0.2) is 0 Å². The van der Waals surface area contributed by atoms with Gasteiger partial charge in [0.1, 0.15) is 8.07 Å². The van der Waals surface area contributed by atoms with Crippen molar-refractivity contribution >= 4 is 8.07 Å². The minimum atomic E-state index is -1.29. The molecule has 128 valence electrons. The molecule has 0 aliphatic carbocycles. The van der Waals surface area contributed by atoms with E-state index in [1.807, 2.05) is 12.1 Å². The predicted molar refractivity (Wildman–Crippen MR) is 111 cm³/mol. The molecule has 0 aromatic heterocycles. The van der Waals surface area contributed by atoms with Crippen molar-refractivity contribution in [2.24, 2.45) is 0 Å². The molecule has 2 aromatic carbocycles. The van der Waals surface area contributed by atoms with Crippen LogP contribution < -0.4 is 0 Å². The molecule has 2 rings (SSSR count). The van der Waals surface area contributed by atoms with Crippen LogP contribution in [-0.4, -0.2) is 19.5 Å². The summed E-state index contributed by atoms with van der Waals surface area (Å²) in [5.41, 5.74) is 5.98. The van der Waals surface area contributed by atoms with Crippen molar-refractivity contribution in [3.05, 3.63) is 71.8 Å². The van der Waals surface area contributed by atoms with Gasteiger partial charge in [0.2, 0.25) is 0 Å². The molecule has 0 unspecified atom stereocenters. The molecule has 0 saturated carbocycles. The average molecular weight is 346 g/mol. The number of benzene rings is 2. The smallest absolute Gasteiger partial charge is 0.129 e.